The van der Waals surface area contributed by atoms with Gasteiger partial charge in [0, 0.05) is 19.1 Å². The number of rotatable bonds is 3. The van der Waals surface area contributed by atoms with Crippen molar-refractivity contribution in [2.75, 3.05) is 19.6 Å². The molecule has 0 aromatic heterocycles. The first kappa shape index (κ1) is 14.8. The fourth-order valence-electron chi connectivity index (χ4n) is 2.63. The van der Waals surface area contributed by atoms with Crippen LogP contribution in [-0.4, -0.2) is 52.6 Å². The lowest BCUT2D eigenvalue weighted by Gasteiger charge is -2.42. The van der Waals surface area contributed by atoms with E-state index in [0.29, 0.717) is 18.4 Å². The maximum Gasteiger partial charge on any atom is 0.323 e. The van der Waals surface area contributed by atoms with E-state index in [2.05, 4.69) is 13.8 Å². The molecule has 0 spiro atoms. The first-order chi connectivity index (χ1) is 8.36. The molecule has 3 unspecified atom stereocenters. The van der Waals surface area contributed by atoms with Crippen LogP contribution in [0, 0.1) is 11.8 Å². The fraction of sp³-hybridized carbons (Fsp3) is 0.846. The van der Waals surface area contributed by atoms with Crippen molar-refractivity contribution >= 4 is 12.0 Å². The van der Waals surface area contributed by atoms with E-state index in [0.717, 1.165) is 13.0 Å². The lowest BCUT2D eigenvalue weighted by molar-refractivity contribution is -0.137. The Bertz CT molecular complexity index is 319. The molecule has 0 aromatic carbocycles. The molecule has 18 heavy (non-hydrogen) atoms. The molecule has 1 heterocycles. The zero-order chi connectivity index (χ0) is 13.9. The van der Waals surface area contributed by atoms with Gasteiger partial charge in [0.05, 0.1) is 0 Å². The third-order valence-electron chi connectivity index (χ3n) is 3.82. The Morgan fingerprint density at radius 1 is 1.33 bits per heavy atom. The van der Waals surface area contributed by atoms with Gasteiger partial charge < -0.3 is 14.9 Å². The van der Waals surface area contributed by atoms with E-state index in [4.69, 9.17) is 5.11 Å². The summed E-state index contributed by atoms with van der Waals surface area (Å²) in [6.45, 7) is 9.06. The predicted octanol–water partition coefficient (Wildman–Crippen LogP) is 1.88. The van der Waals surface area contributed by atoms with Crippen LogP contribution in [0.2, 0.25) is 0 Å². The molecule has 1 rings (SSSR count). The van der Waals surface area contributed by atoms with Crippen molar-refractivity contribution < 1.29 is 14.7 Å². The van der Waals surface area contributed by atoms with Crippen LogP contribution in [0.4, 0.5) is 4.79 Å². The zero-order valence-electron chi connectivity index (χ0n) is 11.7. The smallest absolute Gasteiger partial charge is 0.323 e. The number of likely N-dealkylation sites (tertiary alicyclic amines) is 1. The average Bonchev–Trinajstić information content (AvgIpc) is 2.29. The van der Waals surface area contributed by atoms with Crippen LogP contribution in [0.3, 0.4) is 0 Å². The molecule has 0 saturated carbocycles. The number of urea groups is 1. The highest BCUT2D eigenvalue weighted by Crippen LogP contribution is 2.27. The van der Waals surface area contributed by atoms with Crippen LogP contribution >= 0.6 is 0 Å². The average molecular weight is 256 g/mol. The van der Waals surface area contributed by atoms with E-state index < -0.39 is 5.97 Å². The molecule has 1 fully saturated rings. The molecule has 2 amide bonds. The van der Waals surface area contributed by atoms with Gasteiger partial charge in [-0.1, -0.05) is 13.8 Å². The molecular weight excluding hydrogens is 232 g/mol. The quantitative estimate of drug-likeness (QED) is 0.838. The molecule has 1 aliphatic heterocycles. The monoisotopic (exact) mass is 256 g/mol. The summed E-state index contributed by atoms with van der Waals surface area (Å²) in [5.74, 6) is -0.0270. The Morgan fingerprint density at radius 2 is 1.94 bits per heavy atom. The van der Waals surface area contributed by atoms with Crippen LogP contribution in [0.1, 0.15) is 34.1 Å². The maximum atomic E-state index is 12.4. The summed E-state index contributed by atoms with van der Waals surface area (Å²) in [5.41, 5.74) is 0. The van der Waals surface area contributed by atoms with Gasteiger partial charge in [-0.25, -0.2) is 4.79 Å². The highest BCUT2D eigenvalue weighted by molar-refractivity contribution is 5.80. The van der Waals surface area contributed by atoms with Crippen molar-refractivity contribution in [2.45, 2.75) is 40.2 Å². The Balaban J connectivity index is 2.76. The Kier molecular flexibility index (Phi) is 4.99. The lowest BCUT2D eigenvalue weighted by atomic mass is 9.86. The van der Waals surface area contributed by atoms with Gasteiger partial charge in [0.15, 0.2) is 0 Å². The van der Waals surface area contributed by atoms with Crippen molar-refractivity contribution in [1.29, 1.82) is 0 Å². The van der Waals surface area contributed by atoms with E-state index in [1.54, 1.807) is 0 Å². The topological polar surface area (TPSA) is 60.9 Å². The Hall–Kier alpha value is -1.26. The first-order valence-electron chi connectivity index (χ1n) is 6.64. The molecule has 104 valence electrons. The first-order valence-corrected chi connectivity index (χ1v) is 6.64. The number of nitrogens with zero attached hydrogens (tertiary/aromatic N) is 2. The summed E-state index contributed by atoms with van der Waals surface area (Å²) < 4.78 is 0. The second kappa shape index (κ2) is 6.07. The second-order valence-electron chi connectivity index (χ2n) is 5.40. The lowest BCUT2D eigenvalue weighted by Crippen LogP contribution is -2.54. The number of piperidine rings is 1. The maximum absolute atomic E-state index is 12.4. The van der Waals surface area contributed by atoms with Gasteiger partial charge in [-0.2, -0.15) is 0 Å². The zero-order valence-corrected chi connectivity index (χ0v) is 11.7. The standard InChI is InChI=1S/C13H24N2O3/c1-5-14(8-12(16)17)13(18)15-7-9(2)6-10(3)11(15)4/h9-11H,5-8H2,1-4H3,(H,16,17). The number of aliphatic carboxylic acids is 1. The van der Waals surface area contributed by atoms with Gasteiger partial charge >= 0.3 is 12.0 Å². The summed E-state index contributed by atoms with van der Waals surface area (Å²) >= 11 is 0. The molecule has 5 heteroatoms. The summed E-state index contributed by atoms with van der Waals surface area (Å²) in [7, 11) is 0. The summed E-state index contributed by atoms with van der Waals surface area (Å²) in [6, 6.07) is 0.0299. The molecule has 0 aliphatic carbocycles. The molecule has 0 aromatic rings. The number of carbonyl (C=O) groups is 2. The minimum atomic E-state index is -0.962. The number of amides is 2. The predicted molar refractivity (Wildman–Crippen MR) is 69.4 cm³/mol. The van der Waals surface area contributed by atoms with Crippen LogP contribution < -0.4 is 0 Å². The summed E-state index contributed by atoms with van der Waals surface area (Å²) in [6.07, 6.45) is 1.12. The highest BCUT2D eigenvalue weighted by atomic mass is 16.4. The Morgan fingerprint density at radius 3 is 2.44 bits per heavy atom. The van der Waals surface area contributed by atoms with Gasteiger partial charge in [0.1, 0.15) is 6.54 Å². The Labute approximate surface area is 109 Å². The van der Waals surface area contributed by atoms with Gasteiger partial charge in [0.25, 0.3) is 0 Å². The number of likely N-dealkylation sites (N-methyl/N-ethyl adjacent to an activating group) is 1. The van der Waals surface area contributed by atoms with Crippen LogP contribution in [0.25, 0.3) is 0 Å². The molecule has 0 radical (unpaired) electrons. The van der Waals surface area contributed by atoms with Crippen molar-refractivity contribution in [3.8, 4) is 0 Å². The fourth-order valence-corrected chi connectivity index (χ4v) is 2.63. The van der Waals surface area contributed by atoms with Crippen LogP contribution in [-0.2, 0) is 4.79 Å². The van der Waals surface area contributed by atoms with Gasteiger partial charge in [-0.15, -0.1) is 0 Å². The number of carboxylic acid groups (broad SMARTS) is 1. The number of hydrogen-bond acceptors (Lipinski definition) is 2. The van der Waals surface area contributed by atoms with E-state index in [-0.39, 0.29) is 18.6 Å². The summed E-state index contributed by atoms with van der Waals surface area (Å²) in [5, 5.41) is 8.82. The number of carbonyl (C=O) groups excluding carboxylic acids is 1. The third kappa shape index (κ3) is 3.37. The summed E-state index contributed by atoms with van der Waals surface area (Å²) in [4.78, 5) is 26.3. The SMILES string of the molecule is CCN(CC(=O)O)C(=O)N1CC(C)CC(C)C1C. The second-order valence-corrected chi connectivity index (χ2v) is 5.40. The molecule has 5 nitrogen and oxygen atoms in total. The molecule has 1 N–H and O–H groups in total. The van der Waals surface area contributed by atoms with Gasteiger partial charge in [-0.3, -0.25) is 4.79 Å². The van der Waals surface area contributed by atoms with Crippen molar-refractivity contribution in [3.05, 3.63) is 0 Å². The largest absolute Gasteiger partial charge is 0.480 e. The van der Waals surface area contributed by atoms with Crippen molar-refractivity contribution in [2.24, 2.45) is 11.8 Å². The number of hydrogen-bond donors (Lipinski definition) is 1. The van der Waals surface area contributed by atoms with Crippen molar-refractivity contribution in [1.82, 2.24) is 9.80 Å². The van der Waals surface area contributed by atoms with E-state index in [1.807, 2.05) is 18.7 Å². The molecule has 1 aliphatic rings. The van der Waals surface area contributed by atoms with Crippen LogP contribution in [0.5, 0.6) is 0 Å². The van der Waals surface area contributed by atoms with Crippen LogP contribution in [0.15, 0.2) is 0 Å². The normalized spacial score (nSPS) is 28.0. The van der Waals surface area contributed by atoms with Crippen molar-refractivity contribution in [3.63, 3.8) is 0 Å². The molecule has 0 bridgehead atoms. The van der Waals surface area contributed by atoms with Gasteiger partial charge in [0.2, 0.25) is 0 Å². The number of carboxylic acids is 1. The van der Waals surface area contributed by atoms with E-state index in [1.165, 1.54) is 4.90 Å². The molecule has 3 atom stereocenters. The third-order valence-corrected chi connectivity index (χ3v) is 3.82. The highest BCUT2D eigenvalue weighted by Gasteiger charge is 2.34. The van der Waals surface area contributed by atoms with Gasteiger partial charge in [-0.05, 0) is 32.1 Å². The molecule has 1 saturated heterocycles. The minimum Gasteiger partial charge on any atom is -0.480 e. The van der Waals surface area contributed by atoms with E-state index >= 15 is 0 Å². The minimum absolute atomic E-state index is 0.147. The van der Waals surface area contributed by atoms with E-state index in [9.17, 15) is 9.59 Å². The molecular formula is C13H24N2O3.